The molecule has 0 atom stereocenters. The minimum Gasteiger partial charge on any atom is -0.507 e. The van der Waals surface area contributed by atoms with Gasteiger partial charge in [-0.05, 0) is 18.6 Å². The number of phenols is 1. The SMILES string of the molecule is COc1ccc(C(=O)CCCC(=O)O)c(O)c1. The largest absolute Gasteiger partial charge is 0.507 e. The summed E-state index contributed by atoms with van der Waals surface area (Å²) in [5.74, 6) is -0.891. The molecular formula is C12H14O5. The quantitative estimate of drug-likeness (QED) is 0.739. The van der Waals surface area contributed by atoms with Gasteiger partial charge in [-0.1, -0.05) is 0 Å². The predicted molar refractivity (Wildman–Crippen MR) is 60.5 cm³/mol. The highest BCUT2D eigenvalue weighted by atomic mass is 16.5. The fraction of sp³-hybridized carbons (Fsp3) is 0.333. The fourth-order valence-corrected chi connectivity index (χ4v) is 1.41. The Balaban J connectivity index is 2.66. The number of phenolic OH excluding ortho intramolecular Hbond substituents is 1. The van der Waals surface area contributed by atoms with Crippen molar-refractivity contribution in [1.29, 1.82) is 0 Å². The van der Waals surface area contributed by atoms with E-state index in [1.54, 1.807) is 6.07 Å². The second-order valence-corrected chi connectivity index (χ2v) is 3.55. The van der Waals surface area contributed by atoms with E-state index >= 15 is 0 Å². The van der Waals surface area contributed by atoms with Gasteiger partial charge in [-0.15, -0.1) is 0 Å². The Labute approximate surface area is 98.6 Å². The summed E-state index contributed by atoms with van der Waals surface area (Å²) in [6.45, 7) is 0. The van der Waals surface area contributed by atoms with Gasteiger partial charge in [0.1, 0.15) is 11.5 Å². The summed E-state index contributed by atoms with van der Waals surface area (Å²) in [5, 5.41) is 18.0. The summed E-state index contributed by atoms with van der Waals surface area (Å²) in [4.78, 5) is 21.9. The number of benzene rings is 1. The molecule has 0 aromatic heterocycles. The highest BCUT2D eigenvalue weighted by molar-refractivity contribution is 5.98. The summed E-state index contributed by atoms with van der Waals surface area (Å²) in [7, 11) is 1.46. The van der Waals surface area contributed by atoms with E-state index in [9.17, 15) is 14.7 Å². The van der Waals surface area contributed by atoms with E-state index in [1.165, 1.54) is 19.2 Å². The number of carbonyl (C=O) groups is 2. The van der Waals surface area contributed by atoms with Crippen molar-refractivity contribution >= 4 is 11.8 Å². The maximum Gasteiger partial charge on any atom is 0.303 e. The van der Waals surface area contributed by atoms with E-state index in [2.05, 4.69) is 0 Å². The number of carboxylic acids is 1. The zero-order chi connectivity index (χ0) is 12.8. The lowest BCUT2D eigenvalue weighted by Gasteiger charge is -2.05. The molecule has 0 amide bonds. The first kappa shape index (κ1) is 13.0. The fourth-order valence-electron chi connectivity index (χ4n) is 1.41. The van der Waals surface area contributed by atoms with Crippen LogP contribution in [0.4, 0.5) is 0 Å². The number of hydrogen-bond donors (Lipinski definition) is 2. The lowest BCUT2D eigenvalue weighted by atomic mass is 10.0. The van der Waals surface area contributed by atoms with Crippen molar-refractivity contribution in [3.8, 4) is 11.5 Å². The Morgan fingerprint density at radius 2 is 2.00 bits per heavy atom. The third-order valence-corrected chi connectivity index (χ3v) is 2.30. The summed E-state index contributed by atoms with van der Waals surface area (Å²) in [6, 6.07) is 4.39. The van der Waals surface area contributed by atoms with Gasteiger partial charge in [-0.25, -0.2) is 0 Å². The molecule has 0 saturated heterocycles. The number of carbonyl (C=O) groups excluding carboxylic acids is 1. The van der Waals surface area contributed by atoms with E-state index in [-0.39, 0.29) is 36.4 Å². The van der Waals surface area contributed by atoms with E-state index in [1.807, 2.05) is 0 Å². The lowest BCUT2D eigenvalue weighted by Crippen LogP contribution is -2.02. The molecule has 5 heteroatoms. The average Bonchev–Trinajstić information content (AvgIpc) is 2.28. The molecule has 0 saturated carbocycles. The van der Waals surface area contributed by atoms with Crippen LogP contribution in [0, 0.1) is 0 Å². The van der Waals surface area contributed by atoms with Gasteiger partial charge in [0.15, 0.2) is 5.78 Å². The van der Waals surface area contributed by atoms with Crippen molar-refractivity contribution in [3.63, 3.8) is 0 Å². The molecule has 0 spiro atoms. The molecule has 0 unspecified atom stereocenters. The van der Waals surface area contributed by atoms with E-state index in [0.29, 0.717) is 5.75 Å². The van der Waals surface area contributed by atoms with Gasteiger partial charge < -0.3 is 14.9 Å². The first-order chi connectivity index (χ1) is 8.04. The maximum atomic E-state index is 11.7. The summed E-state index contributed by atoms with van der Waals surface area (Å²) < 4.78 is 4.89. The minimum absolute atomic E-state index is 0.0529. The molecule has 0 radical (unpaired) electrons. The van der Waals surface area contributed by atoms with Crippen LogP contribution in [0.25, 0.3) is 0 Å². The van der Waals surface area contributed by atoms with Crippen molar-refractivity contribution in [2.45, 2.75) is 19.3 Å². The Morgan fingerprint density at radius 3 is 2.53 bits per heavy atom. The van der Waals surface area contributed by atoms with Crippen LogP contribution in [0.5, 0.6) is 11.5 Å². The third-order valence-electron chi connectivity index (χ3n) is 2.30. The zero-order valence-electron chi connectivity index (χ0n) is 9.47. The van der Waals surface area contributed by atoms with Crippen LogP contribution in [0.1, 0.15) is 29.6 Å². The lowest BCUT2D eigenvalue weighted by molar-refractivity contribution is -0.137. The van der Waals surface area contributed by atoms with Gasteiger partial charge in [0.05, 0.1) is 12.7 Å². The maximum absolute atomic E-state index is 11.7. The highest BCUT2D eigenvalue weighted by Crippen LogP contribution is 2.24. The van der Waals surface area contributed by atoms with Crippen LogP contribution in [-0.2, 0) is 4.79 Å². The van der Waals surface area contributed by atoms with Crippen LogP contribution in [0.3, 0.4) is 0 Å². The number of aromatic hydroxyl groups is 1. The number of Topliss-reactive ketones (excluding diaryl/α,β-unsaturated/α-hetero) is 1. The van der Waals surface area contributed by atoms with Gasteiger partial charge in [-0.3, -0.25) is 9.59 Å². The van der Waals surface area contributed by atoms with Crippen LogP contribution in [0.2, 0.25) is 0 Å². The number of carboxylic acid groups (broad SMARTS) is 1. The van der Waals surface area contributed by atoms with Gasteiger partial charge in [0.25, 0.3) is 0 Å². The molecule has 0 aliphatic heterocycles. The molecule has 1 aromatic rings. The number of hydrogen-bond acceptors (Lipinski definition) is 4. The number of ether oxygens (including phenoxy) is 1. The second kappa shape index (κ2) is 5.89. The van der Waals surface area contributed by atoms with Crippen molar-refractivity contribution in [2.24, 2.45) is 0 Å². The Hall–Kier alpha value is -2.04. The smallest absolute Gasteiger partial charge is 0.303 e. The molecular weight excluding hydrogens is 224 g/mol. The monoisotopic (exact) mass is 238 g/mol. The van der Waals surface area contributed by atoms with Crippen molar-refractivity contribution < 1.29 is 24.5 Å². The zero-order valence-corrected chi connectivity index (χ0v) is 9.47. The molecule has 0 fully saturated rings. The van der Waals surface area contributed by atoms with Gasteiger partial charge in [0.2, 0.25) is 0 Å². The topological polar surface area (TPSA) is 83.8 Å². The molecule has 17 heavy (non-hydrogen) atoms. The van der Waals surface area contributed by atoms with Crippen LogP contribution >= 0.6 is 0 Å². The molecule has 0 bridgehead atoms. The first-order valence-electron chi connectivity index (χ1n) is 5.16. The van der Waals surface area contributed by atoms with Crippen molar-refractivity contribution in [2.75, 3.05) is 7.11 Å². The molecule has 0 aliphatic carbocycles. The summed E-state index contributed by atoms with van der Waals surface area (Å²) >= 11 is 0. The van der Waals surface area contributed by atoms with Crippen molar-refractivity contribution in [1.82, 2.24) is 0 Å². The average molecular weight is 238 g/mol. The number of aliphatic carboxylic acids is 1. The number of ketones is 1. The third kappa shape index (κ3) is 3.79. The molecule has 1 aromatic carbocycles. The Morgan fingerprint density at radius 1 is 1.29 bits per heavy atom. The van der Waals surface area contributed by atoms with Crippen LogP contribution in [-0.4, -0.2) is 29.1 Å². The molecule has 0 aliphatic rings. The Kier molecular flexibility index (Phi) is 4.51. The van der Waals surface area contributed by atoms with Gasteiger partial charge >= 0.3 is 5.97 Å². The second-order valence-electron chi connectivity index (χ2n) is 3.55. The molecule has 5 nitrogen and oxygen atoms in total. The number of methoxy groups -OCH3 is 1. The van der Waals surface area contributed by atoms with E-state index < -0.39 is 5.97 Å². The van der Waals surface area contributed by atoms with Crippen molar-refractivity contribution in [3.05, 3.63) is 23.8 Å². The molecule has 0 heterocycles. The standard InChI is InChI=1S/C12H14O5/c1-17-8-5-6-9(11(14)7-8)10(13)3-2-4-12(15)16/h5-7,14H,2-4H2,1H3,(H,15,16). The van der Waals surface area contributed by atoms with Gasteiger partial charge in [0, 0.05) is 18.9 Å². The molecule has 92 valence electrons. The highest BCUT2D eigenvalue weighted by Gasteiger charge is 2.12. The Bertz CT molecular complexity index is 425. The van der Waals surface area contributed by atoms with Crippen LogP contribution < -0.4 is 4.74 Å². The van der Waals surface area contributed by atoms with E-state index in [0.717, 1.165) is 0 Å². The summed E-state index contributed by atoms with van der Waals surface area (Å²) in [5.41, 5.74) is 0.191. The van der Waals surface area contributed by atoms with Gasteiger partial charge in [-0.2, -0.15) is 0 Å². The first-order valence-corrected chi connectivity index (χ1v) is 5.16. The normalized spacial score (nSPS) is 9.94. The van der Waals surface area contributed by atoms with Crippen LogP contribution in [0.15, 0.2) is 18.2 Å². The minimum atomic E-state index is -0.934. The number of rotatable bonds is 6. The predicted octanol–water partition coefficient (Wildman–Crippen LogP) is 1.84. The summed E-state index contributed by atoms with van der Waals surface area (Å²) in [6.07, 6.45) is 0.314. The molecule has 2 N–H and O–H groups in total. The molecule has 1 rings (SSSR count). The van der Waals surface area contributed by atoms with E-state index in [4.69, 9.17) is 9.84 Å².